The summed E-state index contributed by atoms with van der Waals surface area (Å²) in [4.78, 5) is 17.4. The molecule has 4 rings (SSSR count). The predicted octanol–water partition coefficient (Wildman–Crippen LogP) is 2.47. The Morgan fingerprint density at radius 1 is 1.00 bits per heavy atom. The summed E-state index contributed by atoms with van der Waals surface area (Å²) in [7, 11) is -4.35. The lowest BCUT2D eigenvalue weighted by Gasteiger charge is -2.34. The number of rotatable bonds is 4. The van der Waals surface area contributed by atoms with Crippen LogP contribution in [-0.2, 0) is 10.0 Å². The smallest absolute Gasteiger partial charge is 0.257 e. The van der Waals surface area contributed by atoms with Crippen molar-refractivity contribution in [1.29, 1.82) is 0 Å². The van der Waals surface area contributed by atoms with E-state index in [2.05, 4.69) is 10.1 Å². The van der Waals surface area contributed by atoms with Gasteiger partial charge in [0.25, 0.3) is 11.8 Å². The van der Waals surface area contributed by atoms with E-state index in [9.17, 15) is 22.0 Å². The third kappa shape index (κ3) is 4.06. The molecule has 1 aromatic heterocycles. The van der Waals surface area contributed by atoms with Crippen LogP contribution in [0.2, 0.25) is 0 Å². The van der Waals surface area contributed by atoms with Crippen molar-refractivity contribution in [1.82, 2.24) is 19.3 Å². The summed E-state index contributed by atoms with van der Waals surface area (Å²) in [6.07, 6.45) is 0. The minimum Gasteiger partial charge on any atom is -0.336 e. The number of sulfonamides is 1. The van der Waals surface area contributed by atoms with E-state index in [0.29, 0.717) is 22.8 Å². The Bertz CT molecular complexity index is 1200. The summed E-state index contributed by atoms with van der Waals surface area (Å²) in [5.74, 6) is -1.72. The number of benzene rings is 2. The molecule has 31 heavy (non-hydrogen) atoms. The van der Waals surface area contributed by atoms with Crippen molar-refractivity contribution in [2.45, 2.75) is 11.8 Å². The third-order valence-corrected chi connectivity index (χ3v) is 6.90. The van der Waals surface area contributed by atoms with Crippen molar-refractivity contribution in [2.24, 2.45) is 0 Å². The fourth-order valence-electron chi connectivity index (χ4n) is 3.34. The second-order valence-corrected chi connectivity index (χ2v) is 8.85. The minimum absolute atomic E-state index is 0.0683. The van der Waals surface area contributed by atoms with Gasteiger partial charge in [0.15, 0.2) is 10.7 Å². The second-order valence-electron chi connectivity index (χ2n) is 6.97. The molecule has 0 saturated carbocycles. The monoisotopic (exact) mass is 448 g/mol. The molecule has 8 nitrogen and oxygen atoms in total. The van der Waals surface area contributed by atoms with Gasteiger partial charge in [0.2, 0.25) is 10.0 Å². The van der Waals surface area contributed by atoms with Gasteiger partial charge in [-0.25, -0.2) is 17.2 Å². The molecular weight excluding hydrogens is 430 g/mol. The first-order chi connectivity index (χ1) is 14.8. The number of hydrogen-bond donors (Lipinski definition) is 0. The first-order valence-electron chi connectivity index (χ1n) is 9.41. The molecule has 11 heteroatoms. The molecule has 2 aromatic carbocycles. The molecule has 162 valence electrons. The largest absolute Gasteiger partial charge is 0.336 e. The van der Waals surface area contributed by atoms with E-state index >= 15 is 0 Å². The number of nitrogens with zero attached hydrogens (tertiary/aromatic N) is 4. The van der Waals surface area contributed by atoms with E-state index in [1.54, 1.807) is 31.2 Å². The summed E-state index contributed by atoms with van der Waals surface area (Å²) in [6.45, 7) is 1.76. The van der Waals surface area contributed by atoms with Crippen LogP contribution in [0.3, 0.4) is 0 Å². The summed E-state index contributed by atoms with van der Waals surface area (Å²) in [5, 5.41) is 3.72. The van der Waals surface area contributed by atoms with E-state index in [1.807, 2.05) is 0 Å². The normalized spacial score (nSPS) is 15.3. The average molecular weight is 448 g/mol. The Kier molecular flexibility index (Phi) is 5.54. The van der Waals surface area contributed by atoms with E-state index in [4.69, 9.17) is 4.52 Å². The number of hydrogen-bond acceptors (Lipinski definition) is 6. The van der Waals surface area contributed by atoms with Gasteiger partial charge >= 0.3 is 0 Å². The molecule has 1 fully saturated rings. The predicted molar refractivity (Wildman–Crippen MR) is 105 cm³/mol. The topological polar surface area (TPSA) is 96.6 Å². The molecular formula is C20H18F2N4O4S. The molecule has 1 amide bonds. The molecule has 1 saturated heterocycles. The number of amides is 1. The Morgan fingerprint density at radius 2 is 1.61 bits per heavy atom. The number of carbonyl (C=O) groups is 1. The van der Waals surface area contributed by atoms with E-state index in [1.165, 1.54) is 4.90 Å². The standard InChI is InChI=1S/C20H18F2N4O4S/c1-13-23-19(30-24-13)14-5-7-15(8-6-14)20(27)25-9-11-26(12-10-25)31(28,29)18-16(21)3-2-4-17(18)22/h2-8H,9-12H2,1H3. The van der Waals surface area contributed by atoms with E-state index in [-0.39, 0.29) is 32.1 Å². The quantitative estimate of drug-likeness (QED) is 0.608. The molecule has 1 aliphatic rings. The molecule has 3 aromatic rings. The number of aromatic nitrogens is 2. The van der Waals surface area contributed by atoms with Crippen LogP contribution in [0.5, 0.6) is 0 Å². The Labute approximate surface area is 177 Å². The maximum Gasteiger partial charge on any atom is 0.257 e. The van der Waals surface area contributed by atoms with Crippen LogP contribution < -0.4 is 0 Å². The first-order valence-corrected chi connectivity index (χ1v) is 10.9. The van der Waals surface area contributed by atoms with Crippen molar-refractivity contribution in [3.63, 3.8) is 0 Å². The van der Waals surface area contributed by atoms with Crippen molar-refractivity contribution >= 4 is 15.9 Å². The summed E-state index contributed by atoms with van der Waals surface area (Å²) in [5.41, 5.74) is 1.08. The van der Waals surface area contributed by atoms with Crippen LogP contribution in [0.25, 0.3) is 11.5 Å². The molecule has 0 aliphatic carbocycles. The van der Waals surface area contributed by atoms with Crippen molar-refractivity contribution in [2.75, 3.05) is 26.2 Å². The molecule has 0 bridgehead atoms. The van der Waals surface area contributed by atoms with Crippen molar-refractivity contribution in [3.8, 4) is 11.5 Å². The molecule has 0 spiro atoms. The lowest BCUT2D eigenvalue weighted by atomic mass is 10.1. The lowest BCUT2D eigenvalue weighted by molar-refractivity contribution is 0.0697. The minimum atomic E-state index is -4.35. The van der Waals surface area contributed by atoms with Crippen molar-refractivity contribution in [3.05, 3.63) is 65.5 Å². The SMILES string of the molecule is Cc1noc(-c2ccc(C(=O)N3CCN(S(=O)(=O)c4c(F)cccc4F)CC3)cc2)n1. The highest BCUT2D eigenvalue weighted by Gasteiger charge is 2.34. The Hall–Kier alpha value is -3.18. The molecule has 1 aliphatic heterocycles. The van der Waals surface area contributed by atoms with E-state index < -0.39 is 26.6 Å². The Morgan fingerprint density at radius 3 is 2.16 bits per heavy atom. The molecule has 0 atom stereocenters. The van der Waals surface area contributed by atoms with Crippen molar-refractivity contribution < 1.29 is 26.5 Å². The highest BCUT2D eigenvalue weighted by Crippen LogP contribution is 2.24. The summed E-state index contributed by atoms with van der Waals surface area (Å²) >= 11 is 0. The molecule has 0 unspecified atom stereocenters. The van der Waals surface area contributed by atoms with Crippen LogP contribution in [0, 0.1) is 18.6 Å². The number of halogens is 2. The first kappa shape index (κ1) is 21.1. The van der Waals surface area contributed by atoms with Crippen LogP contribution in [0.4, 0.5) is 8.78 Å². The fraction of sp³-hybridized carbons (Fsp3) is 0.250. The van der Waals surface area contributed by atoms with Gasteiger partial charge in [-0.1, -0.05) is 11.2 Å². The maximum atomic E-state index is 14.0. The zero-order valence-corrected chi connectivity index (χ0v) is 17.3. The van der Waals surface area contributed by atoms with Gasteiger partial charge in [-0.2, -0.15) is 9.29 Å². The number of carbonyl (C=O) groups excluding carboxylic acids is 1. The molecule has 0 radical (unpaired) electrons. The van der Waals surface area contributed by atoms with Crippen LogP contribution in [0.15, 0.2) is 51.9 Å². The van der Waals surface area contributed by atoms with Gasteiger partial charge < -0.3 is 9.42 Å². The average Bonchev–Trinajstić information content (AvgIpc) is 3.19. The highest BCUT2D eigenvalue weighted by atomic mass is 32.2. The van der Waals surface area contributed by atoms with Gasteiger partial charge in [-0.3, -0.25) is 4.79 Å². The second kappa shape index (κ2) is 8.16. The highest BCUT2D eigenvalue weighted by molar-refractivity contribution is 7.89. The number of aryl methyl sites for hydroxylation is 1. The molecule has 2 heterocycles. The fourth-order valence-corrected chi connectivity index (χ4v) is 4.87. The third-order valence-electron chi connectivity index (χ3n) is 4.95. The maximum absolute atomic E-state index is 14.0. The zero-order valence-electron chi connectivity index (χ0n) is 16.5. The summed E-state index contributed by atoms with van der Waals surface area (Å²) in [6, 6.07) is 9.50. The van der Waals surface area contributed by atoms with Crippen LogP contribution in [-0.4, -0.2) is 59.8 Å². The van der Waals surface area contributed by atoms with Gasteiger partial charge in [0.1, 0.15) is 11.6 Å². The summed E-state index contributed by atoms with van der Waals surface area (Å²) < 4.78 is 59.3. The van der Waals surface area contributed by atoms with Gasteiger partial charge in [0, 0.05) is 37.3 Å². The van der Waals surface area contributed by atoms with Gasteiger partial charge in [-0.05, 0) is 43.3 Å². The Balaban J connectivity index is 1.44. The van der Waals surface area contributed by atoms with Crippen LogP contribution >= 0.6 is 0 Å². The number of piperazine rings is 1. The van der Waals surface area contributed by atoms with Gasteiger partial charge in [-0.15, -0.1) is 0 Å². The lowest BCUT2D eigenvalue weighted by Crippen LogP contribution is -2.50. The van der Waals surface area contributed by atoms with Crippen LogP contribution in [0.1, 0.15) is 16.2 Å². The van der Waals surface area contributed by atoms with E-state index in [0.717, 1.165) is 22.5 Å². The zero-order chi connectivity index (χ0) is 22.2. The van der Waals surface area contributed by atoms with Gasteiger partial charge in [0.05, 0.1) is 0 Å². The molecule has 0 N–H and O–H groups in total.